The van der Waals surface area contributed by atoms with Gasteiger partial charge in [-0.2, -0.15) is 0 Å². The molecule has 4 heteroatoms. The second kappa shape index (κ2) is 4.87. The molecule has 0 saturated heterocycles. The van der Waals surface area contributed by atoms with Crippen LogP contribution in [-0.4, -0.2) is 12.1 Å². The molecule has 3 nitrogen and oxygen atoms in total. The number of esters is 1. The highest BCUT2D eigenvalue weighted by Gasteiger charge is 2.20. The quantitative estimate of drug-likeness (QED) is 0.670. The average Bonchev–Trinajstić information content (AvgIpc) is 2.74. The van der Waals surface area contributed by atoms with Gasteiger partial charge >= 0.3 is 5.97 Å². The van der Waals surface area contributed by atoms with Crippen LogP contribution in [0.3, 0.4) is 0 Å². The summed E-state index contributed by atoms with van der Waals surface area (Å²) in [7, 11) is 0. The van der Waals surface area contributed by atoms with Gasteiger partial charge in [0.2, 0.25) is 0 Å². The zero-order chi connectivity index (χ0) is 11.5. The summed E-state index contributed by atoms with van der Waals surface area (Å²) in [5.41, 5.74) is 6.83. The number of hydrogen-bond donors (Lipinski definition) is 1. The van der Waals surface area contributed by atoms with E-state index in [2.05, 4.69) is 15.9 Å². The Kier molecular flexibility index (Phi) is 3.49. The average molecular weight is 284 g/mol. The molecule has 1 aliphatic carbocycles. The Bertz CT molecular complexity index is 400. The fraction of sp³-hybridized carbons (Fsp3) is 0.417. The van der Waals surface area contributed by atoms with E-state index in [1.54, 1.807) is 18.2 Å². The number of benzene rings is 1. The summed E-state index contributed by atoms with van der Waals surface area (Å²) in [6.07, 6.45) is 4.39. The monoisotopic (exact) mass is 283 g/mol. The molecule has 0 spiro atoms. The lowest BCUT2D eigenvalue weighted by molar-refractivity contribution is 0.0318. The summed E-state index contributed by atoms with van der Waals surface area (Å²) in [4.78, 5) is 11.8. The van der Waals surface area contributed by atoms with E-state index in [4.69, 9.17) is 10.5 Å². The van der Waals surface area contributed by atoms with Gasteiger partial charge in [-0.15, -0.1) is 0 Å². The van der Waals surface area contributed by atoms with E-state index in [-0.39, 0.29) is 12.1 Å². The van der Waals surface area contributed by atoms with E-state index >= 15 is 0 Å². The van der Waals surface area contributed by atoms with Crippen LogP contribution in [-0.2, 0) is 4.74 Å². The standard InChI is InChI=1S/C12H14BrNO2/c13-10-7-8(5-6-11(10)14)12(15)16-9-3-1-2-4-9/h5-7,9H,1-4,14H2. The number of carbonyl (C=O) groups excluding carboxylic acids is 1. The molecule has 0 unspecified atom stereocenters. The Balaban J connectivity index is 2.05. The minimum atomic E-state index is -0.257. The third-order valence-electron chi connectivity index (χ3n) is 2.81. The van der Waals surface area contributed by atoms with E-state index in [1.165, 1.54) is 0 Å². The van der Waals surface area contributed by atoms with Gasteiger partial charge in [-0.05, 0) is 59.8 Å². The minimum absolute atomic E-state index is 0.101. The molecule has 1 aliphatic rings. The van der Waals surface area contributed by atoms with Gasteiger partial charge < -0.3 is 10.5 Å². The Hall–Kier alpha value is -1.03. The van der Waals surface area contributed by atoms with Crippen molar-refractivity contribution < 1.29 is 9.53 Å². The lowest BCUT2D eigenvalue weighted by atomic mass is 10.2. The van der Waals surface area contributed by atoms with Crippen LogP contribution in [0, 0.1) is 0 Å². The molecule has 16 heavy (non-hydrogen) atoms. The first-order valence-corrected chi connectivity index (χ1v) is 6.22. The van der Waals surface area contributed by atoms with Crippen LogP contribution < -0.4 is 5.73 Å². The molecule has 0 radical (unpaired) electrons. The lowest BCUT2D eigenvalue weighted by Crippen LogP contribution is -2.14. The van der Waals surface area contributed by atoms with Gasteiger partial charge in [0.1, 0.15) is 6.10 Å². The van der Waals surface area contributed by atoms with Gasteiger partial charge in [-0.1, -0.05) is 0 Å². The molecule has 0 aliphatic heterocycles. The summed E-state index contributed by atoms with van der Waals surface area (Å²) in [5.74, 6) is -0.257. The summed E-state index contributed by atoms with van der Waals surface area (Å²) in [6, 6.07) is 5.10. The van der Waals surface area contributed by atoms with Crippen LogP contribution in [0.1, 0.15) is 36.0 Å². The second-order valence-corrected chi connectivity index (χ2v) is 4.90. The Labute approximate surface area is 103 Å². The zero-order valence-corrected chi connectivity index (χ0v) is 10.5. The van der Waals surface area contributed by atoms with Gasteiger partial charge in [0.25, 0.3) is 0 Å². The predicted octanol–water partition coefficient (Wildman–Crippen LogP) is 3.13. The van der Waals surface area contributed by atoms with Crippen molar-refractivity contribution in [3.05, 3.63) is 28.2 Å². The lowest BCUT2D eigenvalue weighted by Gasteiger charge is -2.11. The smallest absolute Gasteiger partial charge is 0.338 e. The van der Waals surface area contributed by atoms with Crippen molar-refractivity contribution >= 4 is 27.6 Å². The molecule has 2 N–H and O–H groups in total. The van der Waals surface area contributed by atoms with E-state index < -0.39 is 0 Å². The predicted molar refractivity (Wildman–Crippen MR) is 66.2 cm³/mol. The number of nitrogens with two attached hydrogens (primary N) is 1. The normalized spacial score (nSPS) is 16.3. The molecule has 0 atom stereocenters. The molecule has 1 fully saturated rings. The highest BCUT2D eigenvalue weighted by Crippen LogP contribution is 2.24. The molecular weight excluding hydrogens is 270 g/mol. The van der Waals surface area contributed by atoms with Gasteiger partial charge in [0.05, 0.1) is 5.56 Å². The Morgan fingerprint density at radius 3 is 2.69 bits per heavy atom. The maximum atomic E-state index is 11.8. The number of rotatable bonds is 2. The summed E-state index contributed by atoms with van der Waals surface area (Å²) in [6.45, 7) is 0. The van der Waals surface area contributed by atoms with E-state index in [1.807, 2.05) is 0 Å². The molecule has 2 rings (SSSR count). The van der Waals surface area contributed by atoms with Crippen molar-refractivity contribution in [2.75, 3.05) is 5.73 Å². The molecule has 86 valence electrons. The molecule has 0 amide bonds. The second-order valence-electron chi connectivity index (χ2n) is 4.05. The fourth-order valence-corrected chi connectivity index (χ4v) is 2.26. The molecule has 1 aromatic rings. The highest BCUT2D eigenvalue weighted by molar-refractivity contribution is 9.10. The highest BCUT2D eigenvalue weighted by atomic mass is 79.9. The first-order valence-electron chi connectivity index (χ1n) is 5.43. The van der Waals surface area contributed by atoms with Crippen LogP contribution in [0.15, 0.2) is 22.7 Å². The first kappa shape index (κ1) is 11.5. The van der Waals surface area contributed by atoms with E-state index in [9.17, 15) is 4.79 Å². The molecule has 0 heterocycles. The van der Waals surface area contributed by atoms with Gasteiger partial charge in [-0.3, -0.25) is 0 Å². The number of anilines is 1. The third-order valence-corrected chi connectivity index (χ3v) is 3.50. The number of halogens is 1. The van der Waals surface area contributed by atoms with Crippen LogP contribution in [0.5, 0.6) is 0 Å². The molecule has 1 aromatic carbocycles. The first-order chi connectivity index (χ1) is 7.66. The van der Waals surface area contributed by atoms with Crippen molar-refractivity contribution in [3.63, 3.8) is 0 Å². The summed E-state index contributed by atoms with van der Waals surface area (Å²) < 4.78 is 6.12. The maximum Gasteiger partial charge on any atom is 0.338 e. The van der Waals surface area contributed by atoms with E-state index in [0.29, 0.717) is 11.3 Å². The molecular formula is C12H14BrNO2. The van der Waals surface area contributed by atoms with Crippen molar-refractivity contribution in [1.82, 2.24) is 0 Å². The van der Waals surface area contributed by atoms with Crippen molar-refractivity contribution in [1.29, 1.82) is 0 Å². The van der Waals surface area contributed by atoms with Crippen molar-refractivity contribution in [3.8, 4) is 0 Å². The number of hydrogen-bond acceptors (Lipinski definition) is 3. The molecule has 0 bridgehead atoms. The summed E-state index contributed by atoms with van der Waals surface area (Å²) >= 11 is 3.29. The van der Waals surface area contributed by atoms with Gasteiger partial charge in [0, 0.05) is 10.2 Å². The molecule has 1 saturated carbocycles. The Morgan fingerprint density at radius 2 is 2.06 bits per heavy atom. The van der Waals surface area contributed by atoms with Gasteiger partial charge in [-0.25, -0.2) is 4.79 Å². The fourth-order valence-electron chi connectivity index (χ4n) is 1.88. The maximum absolute atomic E-state index is 11.8. The Morgan fingerprint density at radius 1 is 1.38 bits per heavy atom. The van der Waals surface area contributed by atoms with Crippen molar-refractivity contribution in [2.24, 2.45) is 0 Å². The third kappa shape index (κ3) is 2.55. The largest absolute Gasteiger partial charge is 0.459 e. The number of carbonyl (C=O) groups is 1. The minimum Gasteiger partial charge on any atom is -0.459 e. The topological polar surface area (TPSA) is 52.3 Å². The summed E-state index contributed by atoms with van der Waals surface area (Å²) in [5, 5.41) is 0. The van der Waals surface area contributed by atoms with Crippen LogP contribution in [0.25, 0.3) is 0 Å². The van der Waals surface area contributed by atoms with Gasteiger partial charge in [0.15, 0.2) is 0 Å². The molecule has 0 aromatic heterocycles. The SMILES string of the molecule is Nc1ccc(C(=O)OC2CCCC2)cc1Br. The number of ether oxygens (including phenoxy) is 1. The zero-order valence-electron chi connectivity index (χ0n) is 8.91. The number of nitrogen functional groups attached to an aromatic ring is 1. The van der Waals surface area contributed by atoms with Crippen LogP contribution in [0.2, 0.25) is 0 Å². The van der Waals surface area contributed by atoms with Crippen LogP contribution >= 0.6 is 15.9 Å². The van der Waals surface area contributed by atoms with Crippen LogP contribution in [0.4, 0.5) is 5.69 Å². The van der Waals surface area contributed by atoms with Crippen molar-refractivity contribution in [2.45, 2.75) is 31.8 Å². The van der Waals surface area contributed by atoms with E-state index in [0.717, 1.165) is 30.2 Å².